The van der Waals surface area contributed by atoms with E-state index in [1.54, 1.807) is 6.26 Å². The van der Waals surface area contributed by atoms with Crippen molar-refractivity contribution in [2.45, 2.75) is 6.54 Å². The van der Waals surface area contributed by atoms with Gasteiger partial charge in [-0.05, 0) is 11.8 Å². The molecule has 0 spiro atoms. The Morgan fingerprint density at radius 2 is 2.20 bits per heavy atom. The van der Waals surface area contributed by atoms with Crippen LogP contribution in [0.2, 0.25) is 0 Å². The van der Waals surface area contributed by atoms with Gasteiger partial charge >= 0.3 is 0 Å². The zero-order valence-electron chi connectivity index (χ0n) is 8.34. The van der Waals surface area contributed by atoms with Crippen molar-refractivity contribution in [3.8, 4) is 0 Å². The molecule has 1 N–H and O–H groups in total. The number of hydrogen-bond donors (Lipinski definition) is 1. The van der Waals surface area contributed by atoms with E-state index < -0.39 is 4.92 Å². The highest BCUT2D eigenvalue weighted by atomic mass is 32.2. The van der Waals surface area contributed by atoms with Gasteiger partial charge in [-0.25, -0.2) is 0 Å². The summed E-state index contributed by atoms with van der Waals surface area (Å²) in [6, 6.07) is 9.75. The highest BCUT2D eigenvalue weighted by Crippen LogP contribution is 2.08. The summed E-state index contributed by atoms with van der Waals surface area (Å²) >= 11 is 1.33. The fraction of sp³-hybridized carbons (Fsp3) is 0.200. The van der Waals surface area contributed by atoms with E-state index in [4.69, 9.17) is 0 Å². The summed E-state index contributed by atoms with van der Waals surface area (Å²) in [6.07, 6.45) is 2.78. The van der Waals surface area contributed by atoms with Crippen molar-refractivity contribution in [3.05, 3.63) is 57.2 Å². The van der Waals surface area contributed by atoms with E-state index in [1.807, 2.05) is 30.3 Å². The molecule has 1 aromatic carbocycles. The first kappa shape index (κ1) is 11.6. The second-order valence-corrected chi connectivity index (χ2v) is 3.67. The molecule has 0 unspecified atom stereocenters. The lowest BCUT2D eigenvalue weighted by molar-refractivity contribution is -0.403. The first-order chi connectivity index (χ1) is 7.22. The van der Waals surface area contributed by atoms with Crippen LogP contribution in [0, 0.1) is 10.1 Å². The SMILES string of the molecule is CS/C(=C/[N+](=O)[O-])NCc1ccccc1. The first-order valence-corrected chi connectivity index (χ1v) is 5.62. The third kappa shape index (κ3) is 4.51. The molecule has 0 saturated heterocycles. The average molecular weight is 224 g/mol. The van der Waals surface area contributed by atoms with Crippen LogP contribution in [0.15, 0.2) is 41.6 Å². The van der Waals surface area contributed by atoms with E-state index in [0.29, 0.717) is 11.6 Å². The van der Waals surface area contributed by atoms with Gasteiger partial charge < -0.3 is 5.32 Å². The molecule has 1 rings (SSSR count). The minimum absolute atomic E-state index is 0.455. The molecule has 0 radical (unpaired) electrons. The molecule has 80 valence electrons. The minimum Gasteiger partial charge on any atom is -0.371 e. The summed E-state index contributed by atoms with van der Waals surface area (Å²) in [7, 11) is 0. The standard InChI is InChI=1S/C10H12N2O2S/c1-15-10(8-12(13)14)11-7-9-5-3-2-4-6-9/h2-6,8,11H,7H2,1H3/b10-8+. The summed E-state index contributed by atoms with van der Waals surface area (Å²) in [6.45, 7) is 0.599. The molecular weight excluding hydrogens is 212 g/mol. The number of nitrogens with one attached hydrogen (secondary N) is 1. The number of hydrogen-bond acceptors (Lipinski definition) is 4. The predicted molar refractivity (Wildman–Crippen MR) is 61.9 cm³/mol. The van der Waals surface area contributed by atoms with E-state index in [1.165, 1.54) is 11.8 Å². The van der Waals surface area contributed by atoms with Gasteiger partial charge in [0.05, 0.1) is 4.92 Å². The molecule has 0 atom stereocenters. The predicted octanol–water partition coefficient (Wildman–Crippen LogP) is 2.21. The Labute approximate surface area is 92.5 Å². The maximum atomic E-state index is 10.3. The van der Waals surface area contributed by atoms with E-state index in [-0.39, 0.29) is 0 Å². The molecule has 0 bridgehead atoms. The van der Waals surface area contributed by atoms with Crippen LogP contribution in [-0.2, 0) is 6.54 Å². The Hall–Kier alpha value is -1.49. The van der Waals surface area contributed by atoms with Gasteiger partial charge in [0.2, 0.25) is 0 Å². The quantitative estimate of drug-likeness (QED) is 0.615. The van der Waals surface area contributed by atoms with Crippen molar-refractivity contribution < 1.29 is 4.92 Å². The molecule has 0 fully saturated rings. The van der Waals surface area contributed by atoms with Crippen molar-refractivity contribution in [3.63, 3.8) is 0 Å². The fourth-order valence-electron chi connectivity index (χ4n) is 1.05. The molecule has 0 aliphatic carbocycles. The Kier molecular flexibility index (Phi) is 4.70. The molecule has 15 heavy (non-hydrogen) atoms. The molecule has 1 aromatic rings. The fourth-order valence-corrected chi connectivity index (χ4v) is 1.46. The summed E-state index contributed by atoms with van der Waals surface area (Å²) in [5.74, 6) is 0. The summed E-state index contributed by atoms with van der Waals surface area (Å²) < 4.78 is 0. The second kappa shape index (κ2) is 6.08. The third-order valence-electron chi connectivity index (χ3n) is 1.75. The lowest BCUT2D eigenvalue weighted by Gasteiger charge is -2.05. The highest BCUT2D eigenvalue weighted by Gasteiger charge is 2.00. The zero-order valence-corrected chi connectivity index (χ0v) is 9.16. The Morgan fingerprint density at radius 1 is 1.53 bits per heavy atom. The maximum absolute atomic E-state index is 10.3. The van der Waals surface area contributed by atoms with Crippen molar-refractivity contribution in [2.24, 2.45) is 0 Å². The smallest absolute Gasteiger partial charge is 0.263 e. The minimum atomic E-state index is -0.455. The monoisotopic (exact) mass is 224 g/mol. The van der Waals surface area contributed by atoms with Gasteiger partial charge in [-0.3, -0.25) is 10.1 Å². The molecule has 4 nitrogen and oxygen atoms in total. The molecular formula is C10H12N2O2S. The number of thioether (sulfide) groups is 1. The Morgan fingerprint density at radius 3 is 2.73 bits per heavy atom. The van der Waals surface area contributed by atoms with Gasteiger partial charge in [0.25, 0.3) is 6.20 Å². The molecule has 0 aliphatic heterocycles. The van der Waals surface area contributed by atoms with Crippen molar-refractivity contribution in [1.82, 2.24) is 5.32 Å². The number of benzene rings is 1. The van der Waals surface area contributed by atoms with Crippen LogP contribution in [0.5, 0.6) is 0 Å². The molecule has 5 heteroatoms. The molecule has 0 amide bonds. The lowest BCUT2D eigenvalue weighted by atomic mass is 10.2. The Balaban J connectivity index is 2.52. The van der Waals surface area contributed by atoms with E-state index >= 15 is 0 Å². The van der Waals surface area contributed by atoms with Crippen LogP contribution in [-0.4, -0.2) is 11.2 Å². The number of rotatable bonds is 5. The topological polar surface area (TPSA) is 55.2 Å². The largest absolute Gasteiger partial charge is 0.371 e. The van der Waals surface area contributed by atoms with Gasteiger partial charge in [0.15, 0.2) is 0 Å². The normalized spacial score (nSPS) is 11.1. The van der Waals surface area contributed by atoms with Gasteiger partial charge in [0.1, 0.15) is 5.03 Å². The van der Waals surface area contributed by atoms with Crippen molar-refractivity contribution in [1.29, 1.82) is 0 Å². The summed E-state index contributed by atoms with van der Waals surface area (Å²) in [5, 5.41) is 13.8. The highest BCUT2D eigenvalue weighted by molar-refractivity contribution is 8.02. The van der Waals surface area contributed by atoms with Gasteiger partial charge in [-0.1, -0.05) is 30.3 Å². The van der Waals surface area contributed by atoms with Gasteiger partial charge in [0, 0.05) is 6.54 Å². The maximum Gasteiger partial charge on any atom is 0.263 e. The van der Waals surface area contributed by atoms with Crippen LogP contribution in [0.4, 0.5) is 0 Å². The van der Waals surface area contributed by atoms with Crippen LogP contribution >= 0.6 is 11.8 Å². The van der Waals surface area contributed by atoms with Crippen LogP contribution in [0.25, 0.3) is 0 Å². The van der Waals surface area contributed by atoms with Crippen LogP contribution in [0.1, 0.15) is 5.56 Å². The first-order valence-electron chi connectivity index (χ1n) is 4.39. The summed E-state index contributed by atoms with van der Waals surface area (Å²) in [4.78, 5) is 9.80. The third-order valence-corrected chi connectivity index (χ3v) is 2.44. The van der Waals surface area contributed by atoms with Gasteiger partial charge in [-0.2, -0.15) is 0 Å². The van der Waals surface area contributed by atoms with Crippen molar-refractivity contribution in [2.75, 3.05) is 6.26 Å². The van der Waals surface area contributed by atoms with Crippen molar-refractivity contribution >= 4 is 11.8 Å². The molecule has 0 saturated carbocycles. The van der Waals surface area contributed by atoms with E-state index in [2.05, 4.69) is 5.32 Å². The number of nitrogens with zero attached hydrogens (tertiary/aromatic N) is 1. The second-order valence-electron chi connectivity index (χ2n) is 2.82. The van der Waals surface area contributed by atoms with Crippen LogP contribution < -0.4 is 5.32 Å². The Bertz CT molecular complexity index is 352. The van der Waals surface area contributed by atoms with E-state index in [9.17, 15) is 10.1 Å². The lowest BCUT2D eigenvalue weighted by Crippen LogP contribution is -2.11. The molecule has 0 aliphatic rings. The van der Waals surface area contributed by atoms with Crippen LogP contribution in [0.3, 0.4) is 0 Å². The zero-order chi connectivity index (χ0) is 11.1. The molecule has 0 aromatic heterocycles. The summed E-state index contributed by atoms with van der Waals surface area (Å²) in [5.41, 5.74) is 1.10. The molecule has 0 heterocycles. The average Bonchev–Trinajstić information content (AvgIpc) is 2.25. The number of nitro groups is 1. The van der Waals surface area contributed by atoms with E-state index in [0.717, 1.165) is 11.8 Å². The van der Waals surface area contributed by atoms with Gasteiger partial charge in [-0.15, -0.1) is 11.8 Å².